The minimum absolute atomic E-state index is 0.248. The molecular weight excluding hydrogens is 315 g/mol. The first-order valence-electron chi connectivity index (χ1n) is 7.11. The Morgan fingerprint density at radius 1 is 1.30 bits per heavy atom. The number of carbonyl (C=O) groups excluding carboxylic acids is 1. The smallest absolute Gasteiger partial charge is 0.341 e. The van der Waals surface area contributed by atoms with E-state index < -0.39 is 11.8 Å². The van der Waals surface area contributed by atoms with Crippen molar-refractivity contribution in [3.05, 3.63) is 53.8 Å². The Morgan fingerprint density at radius 2 is 2.09 bits per heavy atom. The summed E-state index contributed by atoms with van der Waals surface area (Å²) in [5.74, 6) is -0.882. The van der Waals surface area contributed by atoms with Crippen LogP contribution in [0.4, 0.5) is 20.8 Å². The number of hydrogen-bond donors (Lipinski definition) is 2. The first kappa shape index (κ1) is 15.3. The van der Waals surface area contributed by atoms with E-state index in [0.29, 0.717) is 27.3 Å². The molecule has 118 valence electrons. The number of benzene rings is 2. The molecule has 0 spiro atoms. The van der Waals surface area contributed by atoms with Crippen molar-refractivity contribution in [2.45, 2.75) is 6.92 Å². The predicted molar refractivity (Wildman–Crippen MR) is 91.9 cm³/mol. The number of rotatable bonds is 4. The zero-order valence-corrected chi connectivity index (χ0v) is 13.2. The van der Waals surface area contributed by atoms with Crippen molar-refractivity contribution < 1.29 is 13.9 Å². The third-order valence-corrected chi connectivity index (χ3v) is 4.42. The van der Waals surface area contributed by atoms with Gasteiger partial charge in [-0.15, -0.1) is 11.3 Å². The lowest BCUT2D eigenvalue weighted by molar-refractivity contribution is 0.0530. The molecule has 0 saturated heterocycles. The molecule has 0 fully saturated rings. The van der Waals surface area contributed by atoms with E-state index in [2.05, 4.69) is 5.32 Å². The number of esters is 1. The molecule has 0 unspecified atom stereocenters. The highest BCUT2D eigenvalue weighted by atomic mass is 32.1. The summed E-state index contributed by atoms with van der Waals surface area (Å²) in [6, 6.07) is 11.6. The fourth-order valence-corrected chi connectivity index (χ4v) is 3.38. The molecule has 0 saturated carbocycles. The molecule has 1 heterocycles. The summed E-state index contributed by atoms with van der Waals surface area (Å²) in [6.45, 7) is 1.98. The maximum absolute atomic E-state index is 13.6. The van der Waals surface area contributed by atoms with Crippen molar-refractivity contribution in [3.8, 4) is 0 Å². The predicted octanol–water partition coefficient (Wildman–Crippen LogP) is 4.54. The second-order valence-electron chi connectivity index (χ2n) is 4.88. The van der Waals surface area contributed by atoms with Gasteiger partial charge in [0, 0.05) is 10.1 Å². The largest absolute Gasteiger partial charge is 0.462 e. The van der Waals surface area contributed by atoms with E-state index in [4.69, 9.17) is 10.5 Å². The number of fused-ring (bicyclic) bond motifs is 1. The van der Waals surface area contributed by atoms with E-state index in [-0.39, 0.29) is 6.61 Å². The van der Waals surface area contributed by atoms with Crippen LogP contribution in [-0.4, -0.2) is 12.6 Å². The van der Waals surface area contributed by atoms with Crippen LogP contribution in [0, 0.1) is 5.82 Å². The molecule has 0 radical (unpaired) electrons. The van der Waals surface area contributed by atoms with E-state index in [1.54, 1.807) is 19.1 Å². The van der Waals surface area contributed by atoms with Crippen molar-refractivity contribution >= 4 is 43.8 Å². The molecule has 3 N–H and O–H groups in total. The van der Waals surface area contributed by atoms with E-state index in [1.165, 1.54) is 23.5 Å². The third kappa shape index (κ3) is 2.98. The van der Waals surface area contributed by atoms with Gasteiger partial charge in [-0.05, 0) is 37.3 Å². The topological polar surface area (TPSA) is 64.3 Å². The Kier molecular flexibility index (Phi) is 4.16. The molecule has 2 aromatic carbocycles. The Balaban J connectivity index is 2.13. The van der Waals surface area contributed by atoms with E-state index in [1.807, 2.05) is 18.2 Å². The van der Waals surface area contributed by atoms with Gasteiger partial charge in [0.15, 0.2) is 0 Å². The zero-order chi connectivity index (χ0) is 16.4. The van der Waals surface area contributed by atoms with Crippen LogP contribution < -0.4 is 11.1 Å². The molecule has 1 aromatic heterocycles. The van der Waals surface area contributed by atoms with Crippen LogP contribution in [0.1, 0.15) is 17.3 Å². The molecule has 23 heavy (non-hydrogen) atoms. The molecule has 6 heteroatoms. The Morgan fingerprint density at radius 3 is 2.83 bits per heavy atom. The molecule has 0 aliphatic carbocycles. The molecule has 0 atom stereocenters. The van der Waals surface area contributed by atoms with Crippen molar-refractivity contribution in [1.82, 2.24) is 0 Å². The highest BCUT2D eigenvalue weighted by Gasteiger charge is 2.21. The van der Waals surface area contributed by atoms with Gasteiger partial charge in [-0.2, -0.15) is 0 Å². The summed E-state index contributed by atoms with van der Waals surface area (Å²) >= 11 is 1.36. The Bertz CT molecular complexity index is 876. The number of nitrogens with two attached hydrogens (primary N) is 1. The summed E-state index contributed by atoms with van der Waals surface area (Å²) in [6.07, 6.45) is 0. The maximum Gasteiger partial charge on any atom is 0.341 e. The maximum atomic E-state index is 13.6. The molecule has 0 aliphatic rings. The van der Waals surface area contributed by atoms with Gasteiger partial charge < -0.3 is 15.8 Å². The molecule has 0 amide bonds. The standard InChI is InChI=1S/C17H15FN2O2S/c1-2-22-17(21)15-11-9-10(18)7-8-14(11)23-16(15)20-13-6-4-3-5-12(13)19/h3-9,20H,2,19H2,1H3. The summed E-state index contributed by atoms with van der Waals surface area (Å²) < 4.78 is 19.5. The van der Waals surface area contributed by atoms with Crippen LogP contribution in [-0.2, 0) is 4.74 Å². The van der Waals surface area contributed by atoms with Crippen LogP contribution in [0.3, 0.4) is 0 Å². The second kappa shape index (κ2) is 6.26. The summed E-state index contributed by atoms with van der Waals surface area (Å²) in [4.78, 5) is 12.3. The van der Waals surface area contributed by atoms with Gasteiger partial charge in [0.1, 0.15) is 16.4 Å². The first-order valence-corrected chi connectivity index (χ1v) is 7.92. The molecule has 3 aromatic rings. The molecule has 4 nitrogen and oxygen atoms in total. The van der Waals surface area contributed by atoms with Gasteiger partial charge in [-0.3, -0.25) is 0 Å². The number of halogens is 1. The number of hydrogen-bond acceptors (Lipinski definition) is 5. The van der Waals surface area contributed by atoms with Crippen LogP contribution in [0.25, 0.3) is 10.1 Å². The normalized spacial score (nSPS) is 10.7. The van der Waals surface area contributed by atoms with Gasteiger partial charge in [0.2, 0.25) is 0 Å². The van der Waals surface area contributed by atoms with Gasteiger partial charge >= 0.3 is 5.97 Å². The van der Waals surface area contributed by atoms with Gasteiger partial charge in [0.05, 0.1) is 18.0 Å². The molecular formula is C17H15FN2O2S. The highest BCUT2D eigenvalue weighted by Crippen LogP contribution is 2.39. The number of nitrogen functional groups attached to an aromatic ring is 1. The van der Waals surface area contributed by atoms with Gasteiger partial charge in [0.25, 0.3) is 0 Å². The van der Waals surface area contributed by atoms with E-state index in [0.717, 1.165) is 4.70 Å². The second-order valence-corrected chi connectivity index (χ2v) is 5.93. The lowest BCUT2D eigenvalue weighted by Gasteiger charge is -2.09. The van der Waals surface area contributed by atoms with Crippen LogP contribution in [0.2, 0.25) is 0 Å². The summed E-state index contributed by atoms with van der Waals surface area (Å²) in [5, 5.41) is 4.28. The van der Waals surface area contributed by atoms with Gasteiger partial charge in [-0.1, -0.05) is 12.1 Å². The number of thiophene rings is 1. The van der Waals surface area contributed by atoms with E-state index >= 15 is 0 Å². The SMILES string of the molecule is CCOC(=O)c1c(Nc2ccccc2N)sc2ccc(F)cc12. The highest BCUT2D eigenvalue weighted by molar-refractivity contribution is 7.23. The summed E-state index contributed by atoms with van der Waals surface area (Å²) in [7, 11) is 0. The van der Waals surface area contributed by atoms with Crippen molar-refractivity contribution in [1.29, 1.82) is 0 Å². The zero-order valence-electron chi connectivity index (χ0n) is 12.4. The number of anilines is 3. The number of ether oxygens (including phenoxy) is 1. The van der Waals surface area contributed by atoms with Crippen LogP contribution in [0.15, 0.2) is 42.5 Å². The lowest BCUT2D eigenvalue weighted by Crippen LogP contribution is -2.06. The Hall–Kier alpha value is -2.60. The molecule has 3 rings (SSSR count). The molecule has 0 aliphatic heterocycles. The van der Waals surface area contributed by atoms with Crippen LogP contribution in [0.5, 0.6) is 0 Å². The number of nitrogens with one attached hydrogen (secondary N) is 1. The van der Waals surface area contributed by atoms with Crippen molar-refractivity contribution in [2.75, 3.05) is 17.7 Å². The van der Waals surface area contributed by atoms with Crippen LogP contribution >= 0.6 is 11.3 Å². The van der Waals surface area contributed by atoms with Crippen molar-refractivity contribution in [2.24, 2.45) is 0 Å². The summed E-state index contributed by atoms with van der Waals surface area (Å²) in [5.41, 5.74) is 7.51. The third-order valence-electron chi connectivity index (χ3n) is 3.34. The number of para-hydroxylation sites is 2. The quantitative estimate of drug-likeness (QED) is 0.544. The minimum Gasteiger partial charge on any atom is -0.462 e. The fourth-order valence-electron chi connectivity index (χ4n) is 2.30. The monoisotopic (exact) mass is 330 g/mol. The fraction of sp³-hybridized carbons (Fsp3) is 0.118. The van der Waals surface area contributed by atoms with E-state index in [9.17, 15) is 9.18 Å². The lowest BCUT2D eigenvalue weighted by atomic mass is 10.1. The molecule has 0 bridgehead atoms. The average Bonchev–Trinajstić information content (AvgIpc) is 2.87. The first-order chi connectivity index (χ1) is 11.1. The number of carbonyl (C=O) groups is 1. The van der Waals surface area contributed by atoms with Crippen molar-refractivity contribution in [3.63, 3.8) is 0 Å². The average molecular weight is 330 g/mol. The minimum atomic E-state index is -0.485. The van der Waals surface area contributed by atoms with Gasteiger partial charge in [-0.25, -0.2) is 9.18 Å². The Labute approximate surface area is 136 Å².